The van der Waals surface area contributed by atoms with Gasteiger partial charge in [-0.25, -0.2) is 4.68 Å². The zero-order chi connectivity index (χ0) is 16.1. The van der Waals surface area contributed by atoms with Gasteiger partial charge in [-0.1, -0.05) is 5.21 Å². The van der Waals surface area contributed by atoms with Crippen molar-refractivity contribution in [2.45, 2.75) is 78.4 Å². The maximum absolute atomic E-state index is 6.03. The van der Waals surface area contributed by atoms with Crippen LogP contribution < -0.4 is 0 Å². The molecule has 0 aliphatic heterocycles. The monoisotopic (exact) mass is 305 g/mol. The molecule has 0 aromatic carbocycles. The normalized spacial score (nSPS) is 28.5. The Morgan fingerprint density at radius 2 is 1.68 bits per heavy atom. The van der Waals surface area contributed by atoms with Crippen molar-refractivity contribution in [1.29, 1.82) is 0 Å². The Labute approximate surface area is 134 Å². The van der Waals surface area contributed by atoms with Gasteiger partial charge in [0, 0.05) is 0 Å². The lowest BCUT2D eigenvalue weighted by Crippen LogP contribution is -2.26. The second-order valence-corrected chi connectivity index (χ2v) is 9.06. The zero-order valence-electron chi connectivity index (χ0n) is 15.0. The van der Waals surface area contributed by atoms with E-state index in [1.807, 2.05) is 0 Å². The summed E-state index contributed by atoms with van der Waals surface area (Å²) < 4.78 is 8.17. The molecule has 4 heteroatoms. The summed E-state index contributed by atoms with van der Waals surface area (Å²) in [6.45, 7) is 14.0. The van der Waals surface area contributed by atoms with Crippen molar-refractivity contribution in [3.05, 3.63) is 11.4 Å². The first-order valence-electron chi connectivity index (χ1n) is 8.75. The minimum atomic E-state index is -0.0187. The fourth-order valence-electron chi connectivity index (χ4n) is 3.90. The van der Waals surface area contributed by atoms with E-state index in [2.05, 4.69) is 56.5 Å². The smallest absolute Gasteiger partial charge is 0.0859 e. The number of hydrogen-bond acceptors (Lipinski definition) is 3. The molecule has 0 N–H and O–H groups in total. The highest BCUT2D eigenvalue weighted by Crippen LogP contribution is 2.53. The summed E-state index contributed by atoms with van der Waals surface area (Å²) in [6, 6.07) is 0. The van der Waals surface area contributed by atoms with Crippen LogP contribution in [0.15, 0.2) is 0 Å². The molecule has 1 heterocycles. The first-order valence-corrected chi connectivity index (χ1v) is 8.75. The molecule has 4 nitrogen and oxygen atoms in total. The van der Waals surface area contributed by atoms with Gasteiger partial charge >= 0.3 is 0 Å². The van der Waals surface area contributed by atoms with Crippen molar-refractivity contribution in [2.75, 3.05) is 6.61 Å². The topological polar surface area (TPSA) is 39.9 Å². The van der Waals surface area contributed by atoms with Gasteiger partial charge < -0.3 is 4.74 Å². The molecule has 2 aliphatic carbocycles. The van der Waals surface area contributed by atoms with Crippen LogP contribution >= 0.6 is 0 Å². The molecule has 0 radical (unpaired) electrons. The molecule has 3 atom stereocenters. The Balaban J connectivity index is 1.67. The van der Waals surface area contributed by atoms with Crippen LogP contribution in [0.1, 0.15) is 65.8 Å². The highest BCUT2D eigenvalue weighted by atomic mass is 16.5. The van der Waals surface area contributed by atoms with Crippen molar-refractivity contribution in [2.24, 2.45) is 17.8 Å². The van der Waals surface area contributed by atoms with Crippen LogP contribution in [0, 0.1) is 17.8 Å². The van der Waals surface area contributed by atoms with E-state index in [9.17, 15) is 0 Å². The molecule has 0 unspecified atom stereocenters. The predicted molar refractivity (Wildman–Crippen MR) is 87.8 cm³/mol. The lowest BCUT2D eigenvalue weighted by atomic mass is 10.00. The highest BCUT2D eigenvalue weighted by Gasteiger charge is 2.50. The minimum Gasteiger partial charge on any atom is -0.376 e. The summed E-state index contributed by atoms with van der Waals surface area (Å²) in [5.74, 6) is 2.45. The molecule has 1 fully saturated rings. The predicted octanol–water partition coefficient (Wildman–Crippen LogP) is 3.59. The van der Waals surface area contributed by atoms with Crippen molar-refractivity contribution in [1.82, 2.24) is 15.0 Å². The van der Waals surface area contributed by atoms with Gasteiger partial charge in [0.2, 0.25) is 0 Å². The number of rotatable bonds is 2. The molecular weight excluding hydrogens is 274 g/mol. The summed E-state index contributed by atoms with van der Waals surface area (Å²) >= 11 is 0. The Kier molecular flexibility index (Phi) is 3.87. The number of aryl methyl sites for hydroxylation is 1. The first-order chi connectivity index (χ1) is 10.2. The van der Waals surface area contributed by atoms with Gasteiger partial charge in [-0.05, 0) is 85.0 Å². The van der Waals surface area contributed by atoms with Crippen LogP contribution in [0.3, 0.4) is 0 Å². The third kappa shape index (κ3) is 3.22. The van der Waals surface area contributed by atoms with E-state index in [-0.39, 0.29) is 11.1 Å². The van der Waals surface area contributed by atoms with E-state index in [0.29, 0.717) is 0 Å². The van der Waals surface area contributed by atoms with Crippen molar-refractivity contribution >= 4 is 0 Å². The summed E-state index contributed by atoms with van der Waals surface area (Å²) in [6.07, 6.45) is 4.71. The maximum Gasteiger partial charge on any atom is 0.0859 e. The Hall–Kier alpha value is -0.900. The van der Waals surface area contributed by atoms with E-state index in [1.54, 1.807) is 0 Å². The van der Waals surface area contributed by atoms with Crippen molar-refractivity contribution in [3.63, 3.8) is 0 Å². The van der Waals surface area contributed by atoms with Gasteiger partial charge in [0.1, 0.15) is 0 Å². The summed E-state index contributed by atoms with van der Waals surface area (Å²) in [5.41, 5.74) is 2.61. The van der Waals surface area contributed by atoms with Gasteiger partial charge in [0.05, 0.1) is 29.1 Å². The van der Waals surface area contributed by atoms with Crippen LogP contribution in [0.4, 0.5) is 0 Å². The van der Waals surface area contributed by atoms with E-state index in [0.717, 1.165) is 37.2 Å². The second kappa shape index (κ2) is 5.33. The average molecular weight is 305 g/mol. The second-order valence-electron chi connectivity index (χ2n) is 9.06. The molecule has 124 valence electrons. The van der Waals surface area contributed by atoms with Gasteiger partial charge in [-0.15, -0.1) is 5.10 Å². The quantitative estimate of drug-likeness (QED) is 0.838. The molecule has 1 aromatic heterocycles. The summed E-state index contributed by atoms with van der Waals surface area (Å²) in [4.78, 5) is 0. The zero-order valence-corrected chi connectivity index (χ0v) is 15.0. The molecule has 22 heavy (non-hydrogen) atoms. The lowest BCUT2D eigenvalue weighted by molar-refractivity contribution is -0.0122. The molecule has 0 saturated heterocycles. The SMILES string of the molecule is CC(C)(C)OC[C@@H]1[C@@H]2CCc3c(nnn3C(C)(C)C)CC[C@@H]21. The fourth-order valence-corrected chi connectivity index (χ4v) is 3.90. The highest BCUT2D eigenvalue weighted by molar-refractivity contribution is 5.16. The van der Waals surface area contributed by atoms with Crippen LogP contribution in [0.2, 0.25) is 0 Å². The van der Waals surface area contributed by atoms with Gasteiger partial charge in [-0.3, -0.25) is 0 Å². The van der Waals surface area contributed by atoms with Crippen LogP contribution in [0.25, 0.3) is 0 Å². The Bertz CT molecular complexity index is 536. The molecular formula is C18H31N3O. The first kappa shape index (κ1) is 16.0. The van der Waals surface area contributed by atoms with Gasteiger partial charge in [0.25, 0.3) is 0 Å². The average Bonchev–Trinajstić information content (AvgIpc) is 2.83. The van der Waals surface area contributed by atoms with Crippen molar-refractivity contribution < 1.29 is 4.74 Å². The van der Waals surface area contributed by atoms with Gasteiger partial charge in [-0.2, -0.15) is 0 Å². The molecule has 0 bridgehead atoms. The third-order valence-corrected chi connectivity index (χ3v) is 5.13. The van der Waals surface area contributed by atoms with E-state index in [1.165, 1.54) is 24.2 Å². The van der Waals surface area contributed by atoms with E-state index < -0.39 is 0 Å². The van der Waals surface area contributed by atoms with Crippen molar-refractivity contribution in [3.8, 4) is 0 Å². The van der Waals surface area contributed by atoms with Crippen LogP contribution in [0.5, 0.6) is 0 Å². The lowest BCUT2D eigenvalue weighted by Gasteiger charge is -2.22. The molecule has 0 spiro atoms. The molecule has 1 aromatic rings. The Morgan fingerprint density at radius 1 is 1.05 bits per heavy atom. The summed E-state index contributed by atoms with van der Waals surface area (Å²) in [5, 5.41) is 8.89. The van der Waals surface area contributed by atoms with Crippen LogP contribution in [-0.4, -0.2) is 27.2 Å². The van der Waals surface area contributed by atoms with Gasteiger partial charge in [0.15, 0.2) is 0 Å². The number of hydrogen-bond donors (Lipinski definition) is 0. The third-order valence-electron chi connectivity index (χ3n) is 5.13. The van der Waals surface area contributed by atoms with Crippen LogP contribution in [-0.2, 0) is 23.1 Å². The number of fused-ring (bicyclic) bond motifs is 2. The Morgan fingerprint density at radius 3 is 2.27 bits per heavy atom. The molecule has 3 rings (SSSR count). The summed E-state index contributed by atoms with van der Waals surface area (Å²) in [7, 11) is 0. The molecule has 0 amide bonds. The van der Waals surface area contributed by atoms with E-state index in [4.69, 9.17) is 4.74 Å². The minimum absolute atomic E-state index is 0.0187. The molecule has 1 saturated carbocycles. The standard InChI is InChI=1S/C18H31N3O/c1-17(2,3)21-16-10-8-13-12(7-9-15(16)19-20-21)14(13)11-22-18(4,5)6/h12-14H,7-11H2,1-6H3/t12-,13+,14-/m0/s1. The number of ether oxygens (including phenoxy) is 1. The number of nitrogens with zero attached hydrogens (tertiary/aromatic N) is 3. The maximum atomic E-state index is 6.03. The molecule has 2 aliphatic rings. The fraction of sp³-hybridized carbons (Fsp3) is 0.889. The largest absolute Gasteiger partial charge is 0.376 e. The number of aromatic nitrogens is 3. The van der Waals surface area contributed by atoms with E-state index >= 15 is 0 Å².